The molecule has 0 aromatic heterocycles. The molecule has 0 radical (unpaired) electrons. The summed E-state index contributed by atoms with van der Waals surface area (Å²) in [7, 11) is 0. The fourth-order valence-electron chi connectivity index (χ4n) is 4.31. The molecule has 1 aromatic rings. The minimum atomic E-state index is 0.578. The van der Waals surface area contributed by atoms with E-state index in [1.165, 1.54) is 37.7 Å². The molecule has 1 heterocycles. The molecule has 2 aliphatic rings. The highest BCUT2D eigenvalue weighted by Gasteiger charge is 2.42. The van der Waals surface area contributed by atoms with Crippen LogP contribution in [-0.4, -0.2) is 17.0 Å². The van der Waals surface area contributed by atoms with Crippen molar-refractivity contribution in [2.45, 2.75) is 64.1 Å². The Kier molecular flexibility index (Phi) is 3.43. The molecule has 1 aromatic carbocycles. The Balaban J connectivity index is 1.82. The third kappa shape index (κ3) is 2.09. The smallest absolute Gasteiger partial charge is 0.0325 e. The first kappa shape index (κ1) is 12.2. The second-order valence-electron chi connectivity index (χ2n) is 6.23. The van der Waals surface area contributed by atoms with Crippen LogP contribution in [0.1, 0.15) is 57.6 Å². The van der Waals surface area contributed by atoms with Crippen LogP contribution < -0.4 is 0 Å². The van der Waals surface area contributed by atoms with E-state index in [9.17, 15) is 0 Å². The number of hydrogen-bond donors (Lipinski definition) is 0. The molecule has 1 nitrogen and oxygen atoms in total. The van der Waals surface area contributed by atoms with E-state index in [1.54, 1.807) is 0 Å². The molecule has 98 valence electrons. The number of benzene rings is 1. The molecule has 1 aliphatic heterocycles. The zero-order valence-electron chi connectivity index (χ0n) is 11.7. The number of nitrogens with zero attached hydrogens (tertiary/aromatic N) is 1. The van der Waals surface area contributed by atoms with E-state index in [2.05, 4.69) is 49.1 Å². The van der Waals surface area contributed by atoms with E-state index in [4.69, 9.17) is 0 Å². The first-order valence-electron chi connectivity index (χ1n) is 7.59. The van der Waals surface area contributed by atoms with Crippen LogP contribution in [0, 0.1) is 5.92 Å². The Bertz CT molecular complexity index is 386. The molecular formula is C17H25N. The second-order valence-corrected chi connectivity index (χ2v) is 6.23. The predicted octanol–water partition coefficient (Wildman–Crippen LogP) is 4.40. The van der Waals surface area contributed by atoms with Gasteiger partial charge in [-0.3, -0.25) is 4.90 Å². The van der Waals surface area contributed by atoms with Crippen molar-refractivity contribution < 1.29 is 0 Å². The summed E-state index contributed by atoms with van der Waals surface area (Å²) in [6, 6.07) is 13.2. The summed E-state index contributed by atoms with van der Waals surface area (Å²) < 4.78 is 0. The Morgan fingerprint density at radius 2 is 1.83 bits per heavy atom. The molecule has 0 amide bonds. The van der Waals surface area contributed by atoms with Crippen LogP contribution in [0.5, 0.6) is 0 Å². The van der Waals surface area contributed by atoms with Crippen molar-refractivity contribution in [2.24, 2.45) is 5.92 Å². The van der Waals surface area contributed by atoms with Gasteiger partial charge in [-0.15, -0.1) is 0 Å². The number of hydrogen-bond acceptors (Lipinski definition) is 1. The minimum Gasteiger partial charge on any atom is -0.291 e. The first-order valence-corrected chi connectivity index (χ1v) is 7.59. The SMILES string of the molecule is C[C@@H]1C[C@H]2CCCC[C@@H]2N1[C@@H](C)c1ccccc1. The van der Waals surface area contributed by atoms with Crippen molar-refractivity contribution in [3.05, 3.63) is 35.9 Å². The molecule has 0 N–H and O–H groups in total. The predicted molar refractivity (Wildman–Crippen MR) is 76.5 cm³/mol. The topological polar surface area (TPSA) is 3.24 Å². The molecule has 2 fully saturated rings. The maximum atomic E-state index is 2.80. The zero-order valence-corrected chi connectivity index (χ0v) is 11.7. The van der Waals surface area contributed by atoms with Crippen LogP contribution in [0.2, 0.25) is 0 Å². The van der Waals surface area contributed by atoms with Crippen molar-refractivity contribution in [1.82, 2.24) is 4.90 Å². The van der Waals surface area contributed by atoms with Gasteiger partial charge in [0, 0.05) is 18.1 Å². The maximum absolute atomic E-state index is 2.80. The Morgan fingerprint density at radius 1 is 1.11 bits per heavy atom. The molecule has 1 heteroatoms. The molecule has 0 bridgehead atoms. The van der Waals surface area contributed by atoms with E-state index in [1.807, 2.05) is 0 Å². The van der Waals surface area contributed by atoms with E-state index < -0.39 is 0 Å². The standard InChI is InChI=1S/C17H25N/c1-13-12-16-10-6-7-11-17(16)18(13)14(2)15-8-4-3-5-9-15/h3-5,8-9,13-14,16-17H,6-7,10-12H2,1-2H3/t13-,14+,16-,17+/m1/s1. The van der Waals surface area contributed by atoms with Crippen LogP contribution in [0.4, 0.5) is 0 Å². The van der Waals surface area contributed by atoms with Crippen molar-refractivity contribution in [3.63, 3.8) is 0 Å². The van der Waals surface area contributed by atoms with Crippen molar-refractivity contribution in [2.75, 3.05) is 0 Å². The molecule has 4 atom stereocenters. The molecule has 1 saturated carbocycles. The van der Waals surface area contributed by atoms with Gasteiger partial charge in [-0.05, 0) is 44.6 Å². The van der Waals surface area contributed by atoms with Gasteiger partial charge >= 0.3 is 0 Å². The molecule has 18 heavy (non-hydrogen) atoms. The van der Waals surface area contributed by atoms with Gasteiger partial charge in [0.1, 0.15) is 0 Å². The summed E-state index contributed by atoms with van der Waals surface area (Å²) in [4.78, 5) is 2.80. The van der Waals surface area contributed by atoms with Gasteiger partial charge in [0.15, 0.2) is 0 Å². The highest BCUT2D eigenvalue weighted by atomic mass is 15.2. The van der Waals surface area contributed by atoms with Gasteiger partial charge in [0.2, 0.25) is 0 Å². The summed E-state index contributed by atoms with van der Waals surface area (Å²) >= 11 is 0. The van der Waals surface area contributed by atoms with Gasteiger partial charge in [-0.1, -0.05) is 43.2 Å². The third-order valence-corrected chi connectivity index (χ3v) is 5.13. The minimum absolute atomic E-state index is 0.578. The molecule has 1 saturated heterocycles. The van der Waals surface area contributed by atoms with Crippen LogP contribution in [0.15, 0.2) is 30.3 Å². The summed E-state index contributed by atoms with van der Waals surface area (Å²) in [5.74, 6) is 0.972. The normalized spacial score (nSPS) is 34.2. The highest BCUT2D eigenvalue weighted by Crippen LogP contribution is 2.43. The fourth-order valence-corrected chi connectivity index (χ4v) is 4.31. The lowest BCUT2D eigenvalue weighted by atomic mass is 9.84. The average molecular weight is 243 g/mol. The Morgan fingerprint density at radius 3 is 2.61 bits per heavy atom. The van der Waals surface area contributed by atoms with Gasteiger partial charge < -0.3 is 0 Å². The first-order chi connectivity index (χ1) is 8.77. The molecular weight excluding hydrogens is 218 g/mol. The lowest BCUT2D eigenvalue weighted by molar-refractivity contribution is 0.112. The molecule has 3 rings (SSSR count). The quantitative estimate of drug-likeness (QED) is 0.744. The molecule has 0 spiro atoms. The van der Waals surface area contributed by atoms with Crippen molar-refractivity contribution in [1.29, 1.82) is 0 Å². The van der Waals surface area contributed by atoms with Crippen LogP contribution >= 0.6 is 0 Å². The fraction of sp³-hybridized carbons (Fsp3) is 0.647. The van der Waals surface area contributed by atoms with Crippen molar-refractivity contribution >= 4 is 0 Å². The number of fused-ring (bicyclic) bond motifs is 1. The largest absolute Gasteiger partial charge is 0.291 e. The van der Waals surface area contributed by atoms with Crippen molar-refractivity contribution in [3.8, 4) is 0 Å². The van der Waals surface area contributed by atoms with Gasteiger partial charge in [0.05, 0.1) is 0 Å². The van der Waals surface area contributed by atoms with Crippen LogP contribution in [0.3, 0.4) is 0 Å². The van der Waals surface area contributed by atoms with Gasteiger partial charge in [0.25, 0.3) is 0 Å². The third-order valence-electron chi connectivity index (χ3n) is 5.13. The zero-order chi connectivity index (χ0) is 12.5. The van der Waals surface area contributed by atoms with E-state index in [0.717, 1.165) is 18.0 Å². The Labute approximate surface area is 111 Å². The number of likely N-dealkylation sites (tertiary alicyclic amines) is 1. The molecule has 1 aliphatic carbocycles. The second kappa shape index (κ2) is 5.05. The Hall–Kier alpha value is -0.820. The summed E-state index contributed by atoms with van der Waals surface area (Å²) in [6.07, 6.45) is 7.20. The van der Waals surface area contributed by atoms with E-state index in [-0.39, 0.29) is 0 Å². The maximum Gasteiger partial charge on any atom is 0.0325 e. The molecule has 0 unspecified atom stereocenters. The number of rotatable bonds is 2. The van der Waals surface area contributed by atoms with E-state index >= 15 is 0 Å². The lowest BCUT2D eigenvalue weighted by Gasteiger charge is -2.37. The lowest BCUT2D eigenvalue weighted by Crippen LogP contribution is -2.39. The summed E-state index contributed by atoms with van der Waals surface area (Å²) in [5, 5.41) is 0. The van der Waals surface area contributed by atoms with Gasteiger partial charge in [-0.2, -0.15) is 0 Å². The van der Waals surface area contributed by atoms with E-state index in [0.29, 0.717) is 6.04 Å². The average Bonchev–Trinajstić information content (AvgIpc) is 2.75. The monoisotopic (exact) mass is 243 g/mol. The van der Waals surface area contributed by atoms with Crippen LogP contribution in [0.25, 0.3) is 0 Å². The summed E-state index contributed by atoms with van der Waals surface area (Å²) in [5.41, 5.74) is 1.48. The van der Waals surface area contributed by atoms with Gasteiger partial charge in [-0.25, -0.2) is 0 Å². The van der Waals surface area contributed by atoms with Crippen LogP contribution in [-0.2, 0) is 0 Å². The highest BCUT2D eigenvalue weighted by molar-refractivity contribution is 5.19. The summed E-state index contributed by atoms with van der Waals surface area (Å²) in [6.45, 7) is 4.82.